The summed E-state index contributed by atoms with van der Waals surface area (Å²) in [5.41, 5.74) is 4.22. The molecule has 14 heteroatoms. The van der Waals surface area contributed by atoms with Gasteiger partial charge in [-0.15, -0.1) is 10.2 Å². The van der Waals surface area contributed by atoms with Crippen molar-refractivity contribution >= 4 is 17.6 Å². The number of nitrogens with zero attached hydrogens (tertiary/aromatic N) is 5. The Hall–Kier alpha value is -3.72. The van der Waals surface area contributed by atoms with Crippen molar-refractivity contribution in [2.24, 2.45) is 0 Å². The van der Waals surface area contributed by atoms with Crippen molar-refractivity contribution in [1.29, 1.82) is 0 Å². The molecule has 0 bridgehead atoms. The second-order valence-corrected chi connectivity index (χ2v) is 10.3. The maximum atomic E-state index is 11.5. The molecule has 2 aromatic carbocycles. The summed E-state index contributed by atoms with van der Waals surface area (Å²) in [5, 5.41) is 54.3. The van der Waals surface area contributed by atoms with Crippen LogP contribution in [0.3, 0.4) is 0 Å². The number of carbonyl (C=O) groups is 1. The summed E-state index contributed by atoms with van der Waals surface area (Å²) in [5.74, 6) is -0.247. The molecule has 1 fully saturated rings. The lowest BCUT2D eigenvalue weighted by Gasteiger charge is -2.38. The molecule has 2 aromatic heterocycles. The predicted molar refractivity (Wildman–Crippen MR) is 149 cm³/mol. The van der Waals surface area contributed by atoms with Gasteiger partial charge in [-0.25, -0.2) is 9.78 Å². The highest BCUT2D eigenvalue weighted by atomic mass is 35.5. The fourth-order valence-corrected chi connectivity index (χ4v) is 5.14. The van der Waals surface area contributed by atoms with Crippen molar-refractivity contribution in [2.45, 2.75) is 70.0 Å². The zero-order chi connectivity index (χ0) is 29.8. The fourth-order valence-electron chi connectivity index (χ4n) is 4.88. The van der Waals surface area contributed by atoms with Gasteiger partial charge in [0.2, 0.25) is 5.82 Å². The summed E-state index contributed by atoms with van der Waals surface area (Å²) in [6.45, 7) is 2.30. The molecule has 1 aliphatic heterocycles. The van der Waals surface area contributed by atoms with Crippen LogP contribution in [0, 0.1) is 0 Å². The van der Waals surface area contributed by atoms with Gasteiger partial charge in [0.05, 0.1) is 12.3 Å². The number of tetrazole rings is 1. The van der Waals surface area contributed by atoms with Crippen LogP contribution in [0.2, 0.25) is 5.15 Å². The minimum Gasteiger partial charge on any atom is -0.479 e. The van der Waals surface area contributed by atoms with Gasteiger partial charge in [-0.3, -0.25) is 0 Å². The van der Waals surface area contributed by atoms with E-state index in [1.54, 1.807) is 0 Å². The SMILES string of the molecule is CCCCc1nc(Cl)c(CO[C@@H]2O[C@H](C(=O)O)[C@@H](O)[C@H](O)[C@H]2O)n1Cc1ccc(-c2ccccc2-c2nn[nH]n2)cc1. The Kier molecular flexibility index (Phi) is 9.26. The standard InChI is InChI=1S/C28H31ClN6O7/c1-2-3-8-20-30-25(29)19(14-41-28-23(38)21(36)22(37)24(42-28)27(39)40)35(20)13-15-9-11-16(12-10-15)17-6-4-5-7-18(17)26-31-33-34-32-26/h4-7,9-12,21-24,28,36-38H,2-3,8,13-14H2,1H3,(H,39,40)(H,31,32,33,34)/t21-,22-,23+,24-,28+/m0/s1. The highest BCUT2D eigenvalue weighted by Crippen LogP contribution is 2.31. The van der Waals surface area contributed by atoms with Gasteiger partial charge in [-0.1, -0.05) is 73.5 Å². The molecule has 5 rings (SSSR count). The molecule has 1 aliphatic rings. The number of aromatic amines is 1. The van der Waals surface area contributed by atoms with Crippen molar-refractivity contribution in [3.63, 3.8) is 0 Å². The van der Waals surface area contributed by atoms with E-state index in [0.29, 0.717) is 24.5 Å². The van der Waals surface area contributed by atoms with Gasteiger partial charge in [0.15, 0.2) is 17.5 Å². The molecular weight excluding hydrogens is 568 g/mol. The number of carboxylic acids is 1. The summed E-state index contributed by atoms with van der Waals surface area (Å²) in [4.78, 5) is 16.0. The van der Waals surface area contributed by atoms with Crippen molar-refractivity contribution in [3.8, 4) is 22.5 Å². The molecule has 42 heavy (non-hydrogen) atoms. The molecule has 222 valence electrons. The number of hydrogen-bond acceptors (Lipinski definition) is 10. The summed E-state index contributed by atoms with van der Waals surface area (Å²) < 4.78 is 12.9. The molecule has 1 saturated heterocycles. The minimum absolute atomic E-state index is 0.189. The van der Waals surface area contributed by atoms with E-state index in [1.807, 2.05) is 53.1 Å². The van der Waals surface area contributed by atoms with Gasteiger partial charge < -0.3 is 34.5 Å². The summed E-state index contributed by atoms with van der Waals surface area (Å²) >= 11 is 6.53. The number of aromatic nitrogens is 6. The largest absolute Gasteiger partial charge is 0.479 e. The number of aryl methyl sites for hydroxylation is 1. The van der Waals surface area contributed by atoms with Crippen molar-refractivity contribution < 1.29 is 34.7 Å². The van der Waals surface area contributed by atoms with Crippen LogP contribution in [0.1, 0.15) is 36.8 Å². The molecule has 5 atom stereocenters. The fraction of sp³-hybridized carbons (Fsp3) is 0.393. The van der Waals surface area contributed by atoms with E-state index in [9.17, 15) is 25.2 Å². The minimum atomic E-state index is -1.81. The number of halogens is 1. The normalized spacial score (nSPS) is 22.4. The zero-order valence-corrected chi connectivity index (χ0v) is 23.4. The average Bonchev–Trinajstić information content (AvgIpc) is 3.63. The number of nitrogens with one attached hydrogen (secondary N) is 1. The van der Waals surface area contributed by atoms with E-state index >= 15 is 0 Å². The van der Waals surface area contributed by atoms with Crippen LogP contribution in [0.5, 0.6) is 0 Å². The van der Waals surface area contributed by atoms with Crippen LogP contribution in [0.25, 0.3) is 22.5 Å². The molecule has 13 nitrogen and oxygen atoms in total. The Morgan fingerprint density at radius 2 is 1.81 bits per heavy atom. The number of carboxylic acid groups (broad SMARTS) is 1. The maximum Gasteiger partial charge on any atom is 0.335 e. The van der Waals surface area contributed by atoms with Crippen LogP contribution in [-0.4, -0.2) is 87.3 Å². The molecular formula is C28H31ClN6O7. The molecule has 0 unspecified atom stereocenters. The number of hydrogen-bond donors (Lipinski definition) is 5. The first kappa shape index (κ1) is 29.8. The first-order valence-electron chi connectivity index (χ1n) is 13.5. The van der Waals surface area contributed by atoms with Crippen molar-refractivity contribution in [2.75, 3.05) is 0 Å². The third-order valence-corrected chi connectivity index (χ3v) is 7.48. The van der Waals surface area contributed by atoms with Gasteiger partial charge in [-0.2, -0.15) is 5.21 Å². The lowest BCUT2D eigenvalue weighted by atomic mass is 9.98. The smallest absolute Gasteiger partial charge is 0.335 e. The molecule has 3 heterocycles. The van der Waals surface area contributed by atoms with Crippen LogP contribution < -0.4 is 0 Å². The Bertz CT molecular complexity index is 1500. The van der Waals surface area contributed by atoms with Crippen LogP contribution in [0.15, 0.2) is 48.5 Å². The van der Waals surface area contributed by atoms with Gasteiger partial charge in [0.25, 0.3) is 0 Å². The van der Waals surface area contributed by atoms with Gasteiger partial charge in [0.1, 0.15) is 24.1 Å². The lowest BCUT2D eigenvalue weighted by Crippen LogP contribution is -2.60. The van der Waals surface area contributed by atoms with Gasteiger partial charge in [-0.05, 0) is 28.3 Å². The maximum absolute atomic E-state index is 11.5. The molecule has 5 N–H and O–H groups in total. The molecule has 0 spiro atoms. The number of aliphatic hydroxyl groups excluding tert-OH is 3. The lowest BCUT2D eigenvalue weighted by molar-refractivity contribution is -0.297. The Morgan fingerprint density at radius 1 is 1.07 bits per heavy atom. The van der Waals surface area contributed by atoms with Crippen LogP contribution in [-0.2, 0) is 33.8 Å². The number of ether oxygens (including phenoxy) is 2. The molecule has 0 amide bonds. The third-order valence-electron chi connectivity index (χ3n) is 7.17. The number of unbranched alkanes of at least 4 members (excludes halogenated alkanes) is 1. The average molecular weight is 599 g/mol. The van der Waals surface area contributed by atoms with E-state index in [4.69, 9.17) is 21.1 Å². The highest BCUT2D eigenvalue weighted by molar-refractivity contribution is 6.30. The first-order chi connectivity index (χ1) is 20.3. The molecule has 0 radical (unpaired) electrons. The molecule has 0 aliphatic carbocycles. The van der Waals surface area contributed by atoms with E-state index in [0.717, 1.165) is 40.9 Å². The predicted octanol–water partition coefficient (Wildman–Crippen LogP) is 2.18. The number of aliphatic carboxylic acids is 1. The molecule has 0 saturated carbocycles. The quantitative estimate of drug-likeness (QED) is 0.170. The Labute approximate surface area is 245 Å². The monoisotopic (exact) mass is 598 g/mol. The van der Waals surface area contributed by atoms with E-state index < -0.39 is 36.7 Å². The topological polar surface area (TPSA) is 189 Å². The second-order valence-electron chi connectivity index (χ2n) is 9.98. The zero-order valence-electron chi connectivity index (χ0n) is 22.7. The van der Waals surface area contributed by atoms with Crippen molar-refractivity contribution in [1.82, 2.24) is 30.2 Å². The summed E-state index contributed by atoms with van der Waals surface area (Å²) in [6, 6.07) is 15.8. The third kappa shape index (κ3) is 6.21. The first-order valence-corrected chi connectivity index (χ1v) is 13.9. The van der Waals surface area contributed by atoms with Gasteiger partial charge >= 0.3 is 5.97 Å². The second kappa shape index (κ2) is 13.1. The van der Waals surface area contributed by atoms with E-state index in [2.05, 4.69) is 32.5 Å². The summed E-state index contributed by atoms with van der Waals surface area (Å²) in [6.07, 6.45) is -6.03. The number of aliphatic hydroxyl groups is 3. The highest BCUT2D eigenvalue weighted by Gasteiger charge is 2.47. The van der Waals surface area contributed by atoms with Crippen LogP contribution in [0.4, 0.5) is 0 Å². The Balaban J connectivity index is 1.38. The van der Waals surface area contributed by atoms with Crippen LogP contribution >= 0.6 is 11.6 Å². The number of rotatable bonds is 11. The van der Waals surface area contributed by atoms with E-state index in [-0.39, 0.29) is 11.8 Å². The van der Waals surface area contributed by atoms with Crippen molar-refractivity contribution in [3.05, 3.63) is 70.8 Å². The number of H-pyrrole nitrogens is 1. The summed E-state index contributed by atoms with van der Waals surface area (Å²) in [7, 11) is 0. The number of benzene rings is 2. The Morgan fingerprint density at radius 3 is 2.48 bits per heavy atom. The molecule has 4 aromatic rings. The van der Waals surface area contributed by atoms with E-state index in [1.165, 1.54) is 0 Å². The van der Waals surface area contributed by atoms with Gasteiger partial charge in [0, 0.05) is 18.5 Å². The number of imidazole rings is 1.